The number of Topliss-reactive ketones (excluding diaryl/α,β-unsaturated/α-hetero) is 1. The van der Waals surface area contributed by atoms with E-state index in [0.29, 0.717) is 25.1 Å². The highest BCUT2D eigenvalue weighted by Crippen LogP contribution is 2.35. The molecule has 0 radical (unpaired) electrons. The Labute approximate surface area is 125 Å². The average molecular weight is 293 g/mol. The number of ketones is 1. The Kier molecular flexibility index (Phi) is 5.20. The van der Waals surface area contributed by atoms with Crippen LogP contribution in [0.2, 0.25) is 0 Å². The van der Waals surface area contributed by atoms with Gasteiger partial charge in [-0.15, -0.1) is 0 Å². The Bertz CT molecular complexity index is 499. The van der Waals surface area contributed by atoms with Gasteiger partial charge in [0, 0.05) is 25.8 Å². The second-order valence-electron chi connectivity index (χ2n) is 5.67. The molecule has 1 unspecified atom stereocenters. The molecule has 0 amide bonds. The van der Waals surface area contributed by atoms with E-state index < -0.39 is 0 Å². The van der Waals surface area contributed by atoms with Crippen molar-refractivity contribution < 1.29 is 19.7 Å². The van der Waals surface area contributed by atoms with Gasteiger partial charge in [0.25, 0.3) is 0 Å². The van der Waals surface area contributed by atoms with Crippen molar-refractivity contribution in [1.29, 1.82) is 0 Å². The minimum atomic E-state index is -0.175. The quantitative estimate of drug-likeness (QED) is 0.718. The number of nitrogens with zero attached hydrogens (tertiary/aromatic N) is 1. The lowest BCUT2D eigenvalue weighted by atomic mass is 10.1. The van der Waals surface area contributed by atoms with Crippen LogP contribution >= 0.6 is 0 Å². The van der Waals surface area contributed by atoms with Crippen LogP contribution in [-0.4, -0.2) is 53.7 Å². The molecule has 0 saturated heterocycles. The third kappa shape index (κ3) is 4.19. The van der Waals surface area contributed by atoms with Crippen molar-refractivity contribution >= 4 is 5.78 Å². The Hall–Kier alpha value is -1.59. The molecule has 0 spiro atoms. The molecule has 2 rings (SSSR count). The van der Waals surface area contributed by atoms with E-state index in [2.05, 4.69) is 11.8 Å². The first-order chi connectivity index (χ1) is 10.0. The molecule has 1 fully saturated rings. The number of phenols is 2. The SMILES string of the molecule is COCCN(CC(=O)c1ccc(O)cc1O)C(C)C1CC1. The van der Waals surface area contributed by atoms with Crippen molar-refractivity contribution in [2.45, 2.75) is 25.8 Å². The fraction of sp³-hybridized carbons (Fsp3) is 0.562. The van der Waals surface area contributed by atoms with E-state index in [9.17, 15) is 15.0 Å². The van der Waals surface area contributed by atoms with Gasteiger partial charge in [-0.2, -0.15) is 0 Å². The Morgan fingerprint density at radius 3 is 2.71 bits per heavy atom. The number of hydrogen-bond donors (Lipinski definition) is 2. The zero-order valence-electron chi connectivity index (χ0n) is 12.6. The van der Waals surface area contributed by atoms with Crippen molar-refractivity contribution in [2.24, 2.45) is 5.92 Å². The Balaban J connectivity index is 2.05. The maximum absolute atomic E-state index is 12.4. The smallest absolute Gasteiger partial charge is 0.180 e. The van der Waals surface area contributed by atoms with E-state index in [1.54, 1.807) is 7.11 Å². The summed E-state index contributed by atoms with van der Waals surface area (Å²) in [5, 5.41) is 19.1. The molecular weight excluding hydrogens is 270 g/mol. The highest BCUT2D eigenvalue weighted by molar-refractivity contribution is 6.00. The first kappa shape index (κ1) is 15.8. The molecule has 5 heteroatoms. The van der Waals surface area contributed by atoms with Gasteiger partial charge < -0.3 is 14.9 Å². The molecule has 5 nitrogen and oxygen atoms in total. The molecule has 1 aromatic rings. The minimum absolute atomic E-state index is 0.0494. The second kappa shape index (κ2) is 6.91. The summed E-state index contributed by atoms with van der Waals surface area (Å²) >= 11 is 0. The summed E-state index contributed by atoms with van der Waals surface area (Å²) in [6.07, 6.45) is 2.42. The summed E-state index contributed by atoms with van der Waals surface area (Å²) in [4.78, 5) is 14.5. The lowest BCUT2D eigenvalue weighted by Crippen LogP contribution is -2.40. The maximum Gasteiger partial charge on any atom is 0.180 e. The predicted octanol–water partition coefficient (Wildman–Crippen LogP) is 2.03. The van der Waals surface area contributed by atoms with Crippen LogP contribution in [0.1, 0.15) is 30.1 Å². The second-order valence-corrected chi connectivity index (χ2v) is 5.67. The van der Waals surface area contributed by atoms with Gasteiger partial charge in [-0.05, 0) is 37.8 Å². The van der Waals surface area contributed by atoms with Crippen LogP contribution < -0.4 is 0 Å². The molecule has 0 aromatic heterocycles. The lowest BCUT2D eigenvalue weighted by molar-refractivity contribution is 0.0814. The molecule has 0 heterocycles. The van der Waals surface area contributed by atoms with Crippen LogP contribution in [0.25, 0.3) is 0 Å². The fourth-order valence-corrected chi connectivity index (χ4v) is 2.54. The van der Waals surface area contributed by atoms with Crippen molar-refractivity contribution in [3.63, 3.8) is 0 Å². The zero-order chi connectivity index (χ0) is 15.4. The highest BCUT2D eigenvalue weighted by atomic mass is 16.5. The third-order valence-electron chi connectivity index (χ3n) is 4.09. The summed E-state index contributed by atoms with van der Waals surface area (Å²) in [5.41, 5.74) is 0.248. The number of aromatic hydroxyl groups is 2. The number of benzene rings is 1. The van der Waals surface area contributed by atoms with Crippen LogP contribution in [0.5, 0.6) is 11.5 Å². The molecule has 1 saturated carbocycles. The van der Waals surface area contributed by atoms with Gasteiger partial charge in [0.2, 0.25) is 0 Å². The van der Waals surface area contributed by atoms with E-state index >= 15 is 0 Å². The Morgan fingerprint density at radius 2 is 2.14 bits per heavy atom. The highest BCUT2D eigenvalue weighted by Gasteiger charge is 2.32. The standard InChI is InChI=1S/C16H23NO4/c1-11(12-3-4-12)17(7-8-21-2)10-16(20)14-6-5-13(18)9-15(14)19/h5-6,9,11-12,18-19H,3-4,7-8,10H2,1-2H3. The fourth-order valence-electron chi connectivity index (χ4n) is 2.54. The number of rotatable bonds is 8. The van der Waals surface area contributed by atoms with E-state index in [0.717, 1.165) is 0 Å². The summed E-state index contributed by atoms with van der Waals surface area (Å²) in [6.45, 7) is 3.65. The van der Waals surface area contributed by atoms with Gasteiger partial charge in [-0.25, -0.2) is 0 Å². The minimum Gasteiger partial charge on any atom is -0.508 e. The number of carbonyl (C=O) groups excluding carboxylic acids is 1. The van der Waals surface area contributed by atoms with E-state index in [-0.39, 0.29) is 29.4 Å². The van der Waals surface area contributed by atoms with E-state index in [1.807, 2.05) is 0 Å². The van der Waals surface area contributed by atoms with E-state index in [4.69, 9.17) is 4.74 Å². The predicted molar refractivity (Wildman–Crippen MR) is 79.7 cm³/mol. The van der Waals surface area contributed by atoms with Gasteiger partial charge in [-0.1, -0.05) is 0 Å². The first-order valence-electron chi connectivity index (χ1n) is 7.31. The van der Waals surface area contributed by atoms with Crippen LogP contribution in [0.4, 0.5) is 0 Å². The number of methoxy groups -OCH3 is 1. The molecule has 0 aliphatic heterocycles. The van der Waals surface area contributed by atoms with Gasteiger partial charge in [-0.3, -0.25) is 9.69 Å². The van der Waals surface area contributed by atoms with Gasteiger partial charge in [0.15, 0.2) is 5.78 Å². The van der Waals surface area contributed by atoms with Crippen molar-refractivity contribution in [3.05, 3.63) is 23.8 Å². The topological polar surface area (TPSA) is 70.0 Å². The van der Waals surface area contributed by atoms with Crippen LogP contribution in [0.3, 0.4) is 0 Å². The monoisotopic (exact) mass is 293 g/mol. The summed E-state index contributed by atoms with van der Waals surface area (Å²) in [5.74, 6) is 0.288. The molecule has 116 valence electrons. The van der Waals surface area contributed by atoms with Crippen LogP contribution in [0, 0.1) is 5.92 Å². The van der Waals surface area contributed by atoms with Crippen molar-refractivity contribution in [2.75, 3.05) is 26.8 Å². The molecule has 1 aromatic carbocycles. The largest absolute Gasteiger partial charge is 0.508 e. The molecule has 0 bridgehead atoms. The summed E-state index contributed by atoms with van der Waals surface area (Å²) in [7, 11) is 1.65. The zero-order valence-corrected chi connectivity index (χ0v) is 12.6. The normalized spacial score (nSPS) is 16.1. The number of ether oxygens (including phenoxy) is 1. The average Bonchev–Trinajstić information content (AvgIpc) is 3.26. The van der Waals surface area contributed by atoms with Crippen molar-refractivity contribution in [3.8, 4) is 11.5 Å². The third-order valence-corrected chi connectivity index (χ3v) is 4.09. The molecule has 21 heavy (non-hydrogen) atoms. The Morgan fingerprint density at radius 1 is 1.43 bits per heavy atom. The van der Waals surface area contributed by atoms with Crippen LogP contribution in [0.15, 0.2) is 18.2 Å². The van der Waals surface area contributed by atoms with Crippen molar-refractivity contribution in [1.82, 2.24) is 4.90 Å². The lowest BCUT2D eigenvalue weighted by Gasteiger charge is -2.28. The van der Waals surface area contributed by atoms with Crippen LogP contribution in [-0.2, 0) is 4.74 Å². The molecular formula is C16H23NO4. The number of phenolic OH excluding ortho intramolecular Hbond substituents is 2. The summed E-state index contributed by atoms with van der Waals surface area (Å²) in [6, 6.07) is 4.40. The molecule has 1 aliphatic rings. The molecule has 2 N–H and O–H groups in total. The molecule has 1 aliphatic carbocycles. The van der Waals surface area contributed by atoms with Gasteiger partial charge in [0.05, 0.1) is 18.7 Å². The van der Waals surface area contributed by atoms with Gasteiger partial charge >= 0.3 is 0 Å². The molecule has 1 atom stereocenters. The summed E-state index contributed by atoms with van der Waals surface area (Å²) < 4.78 is 5.11. The number of carbonyl (C=O) groups is 1. The maximum atomic E-state index is 12.4. The van der Waals surface area contributed by atoms with E-state index in [1.165, 1.54) is 31.0 Å². The van der Waals surface area contributed by atoms with Gasteiger partial charge in [0.1, 0.15) is 11.5 Å². The first-order valence-corrected chi connectivity index (χ1v) is 7.31. The number of hydrogen-bond acceptors (Lipinski definition) is 5.